The molecule has 0 aromatic heterocycles. The molecular weight excluding hydrogens is 362 g/mol. The van der Waals surface area contributed by atoms with Crippen molar-refractivity contribution in [2.45, 2.75) is 91.0 Å². The van der Waals surface area contributed by atoms with E-state index < -0.39 is 34.8 Å². The number of hydrogen-bond donors (Lipinski definition) is 2. The fourth-order valence-electron chi connectivity index (χ4n) is 3.58. The van der Waals surface area contributed by atoms with E-state index in [-0.39, 0.29) is 11.4 Å². The topological polar surface area (TPSA) is 99.2 Å². The van der Waals surface area contributed by atoms with Crippen LogP contribution in [0.3, 0.4) is 0 Å². The Bertz CT molecular complexity index is 647. The minimum Gasteiger partial charge on any atom is -0.477 e. The van der Waals surface area contributed by atoms with Crippen molar-refractivity contribution in [2.75, 3.05) is 6.54 Å². The first-order valence-corrected chi connectivity index (χ1v) is 9.66. The molecule has 160 valence electrons. The van der Waals surface area contributed by atoms with E-state index in [1.54, 1.807) is 5.06 Å². The van der Waals surface area contributed by atoms with Gasteiger partial charge in [0, 0.05) is 12.1 Å². The monoisotopic (exact) mass is 397 g/mol. The zero-order valence-corrected chi connectivity index (χ0v) is 18.4. The van der Waals surface area contributed by atoms with Gasteiger partial charge >= 0.3 is 5.97 Å². The highest BCUT2D eigenvalue weighted by Crippen LogP contribution is 2.41. The molecule has 0 aliphatic carbocycles. The van der Waals surface area contributed by atoms with Gasteiger partial charge in [0.15, 0.2) is 6.10 Å². The van der Waals surface area contributed by atoms with Crippen LogP contribution in [-0.4, -0.2) is 62.1 Å². The molecule has 1 atom stereocenters. The van der Waals surface area contributed by atoms with Crippen LogP contribution in [0, 0.1) is 0 Å². The van der Waals surface area contributed by atoms with Crippen LogP contribution in [0.5, 0.6) is 0 Å². The van der Waals surface area contributed by atoms with Crippen LogP contribution in [0.1, 0.15) is 68.2 Å². The molecule has 1 fully saturated rings. The van der Waals surface area contributed by atoms with Crippen LogP contribution < -0.4 is 5.32 Å². The average Bonchev–Trinajstić information content (AvgIpc) is 2.57. The maximum absolute atomic E-state index is 13.5. The molecule has 0 saturated carbocycles. The van der Waals surface area contributed by atoms with Crippen molar-refractivity contribution >= 4 is 17.8 Å². The summed E-state index contributed by atoms with van der Waals surface area (Å²) in [6, 6.07) is 0. The first kappa shape index (κ1) is 24.1. The van der Waals surface area contributed by atoms with Crippen LogP contribution in [0.4, 0.5) is 0 Å². The number of carbonyl (C=O) groups excluding carboxylic acids is 2. The Kier molecular flexibility index (Phi) is 7.07. The van der Waals surface area contributed by atoms with Crippen LogP contribution >= 0.6 is 0 Å². The summed E-state index contributed by atoms with van der Waals surface area (Å²) in [6.45, 7) is 19.1. The van der Waals surface area contributed by atoms with Gasteiger partial charge in [0.1, 0.15) is 11.2 Å². The van der Waals surface area contributed by atoms with E-state index in [2.05, 4.69) is 11.9 Å². The van der Waals surface area contributed by atoms with Gasteiger partial charge in [0.2, 0.25) is 5.91 Å². The number of hydroxylamine groups is 2. The van der Waals surface area contributed by atoms with E-state index in [4.69, 9.17) is 9.94 Å². The summed E-state index contributed by atoms with van der Waals surface area (Å²) in [6.07, 6.45) is 0.0186. The summed E-state index contributed by atoms with van der Waals surface area (Å²) in [5.74, 6) is -1.98. The lowest BCUT2D eigenvalue weighted by Crippen LogP contribution is -2.75. The highest BCUT2D eigenvalue weighted by molar-refractivity contribution is 5.93. The molecule has 2 N–H and O–H groups in total. The van der Waals surface area contributed by atoms with E-state index in [0.717, 1.165) is 0 Å². The maximum Gasteiger partial charge on any atom is 0.351 e. The quantitative estimate of drug-likeness (QED) is 0.640. The SMILES string of the molecule is C=C(NC(=O)C(C)ON1C(C)(C)CN(C(C)(C)C)C(=O)C1(CC)CC)C(=O)O. The first-order valence-electron chi connectivity index (χ1n) is 9.66. The van der Waals surface area contributed by atoms with E-state index in [1.165, 1.54) is 6.92 Å². The van der Waals surface area contributed by atoms with Crippen molar-refractivity contribution in [3.63, 3.8) is 0 Å². The van der Waals surface area contributed by atoms with Crippen LogP contribution in [-0.2, 0) is 19.2 Å². The van der Waals surface area contributed by atoms with Crippen molar-refractivity contribution in [1.82, 2.24) is 15.3 Å². The zero-order chi connectivity index (χ0) is 22.1. The summed E-state index contributed by atoms with van der Waals surface area (Å²) in [5.41, 5.74) is -2.26. The molecule has 1 rings (SSSR count). The third-order valence-corrected chi connectivity index (χ3v) is 5.27. The summed E-state index contributed by atoms with van der Waals surface area (Å²) < 4.78 is 0. The van der Waals surface area contributed by atoms with Gasteiger partial charge in [0.25, 0.3) is 5.91 Å². The van der Waals surface area contributed by atoms with E-state index in [0.29, 0.717) is 19.4 Å². The van der Waals surface area contributed by atoms with Crippen LogP contribution in [0.15, 0.2) is 12.3 Å². The molecule has 0 aromatic rings. The number of carboxylic acid groups (broad SMARTS) is 1. The standard InChI is InChI=1S/C20H35N3O5/c1-10-20(11-2)17(27)22(18(5,6)7)12-19(8,9)23(20)28-14(4)15(24)21-13(3)16(25)26/h14H,3,10-12H2,1-2,4-9H3,(H,21,24)(H,25,26). The van der Waals surface area contributed by atoms with Crippen LogP contribution in [0.2, 0.25) is 0 Å². The predicted octanol–water partition coefficient (Wildman–Crippen LogP) is 2.30. The molecule has 0 bridgehead atoms. The van der Waals surface area contributed by atoms with Gasteiger partial charge in [-0.05, 0) is 54.4 Å². The lowest BCUT2D eigenvalue weighted by Gasteiger charge is -2.59. The molecule has 1 heterocycles. The fraction of sp³-hybridized carbons (Fsp3) is 0.750. The number of aliphatic carboxylic acids is 1. The predicted molar refractivity (Wildman–Crippen MR) is 106 cm³/mol. The molecule has 8 heteroatoms. The second kappa shape index (κ2) is 8.21. The van der Waals surface area contributed by atoms with Crippen molar-refractivity contribution in [3.8, 4) is 0 Å². The van der Waals surface area contributed by atoms with E-state index >= 15 is 0 Å². The number of amides is 2. The second-order valence-corrected chi connectivity index (χ2v) is 8.93. The molecular formula is C20H35N3O5. The highest BCUT2D eigenvalue weighted by atomic mass is 16.7. The molecule has 1 aliphatic rings. The summed E-state index contributed by atoms with van der Waals surface area (Å²) in [7, 11) is 0. The number of hydrogen-bond acceptors (Lipinski definition) is 5. The molecule has 28 heavy (non-hydrogen) atoms. The third-order valence-electron chi connectivity index (χ3n) is 5.27. The van der Waals surface area contributed by atoms with E-state index in [1.807, 2.05) is 53.4 Å². The first-order chi connectivity index (χ1) is 12.6. The molecule has 0 radical (unpaired) electrons. The van der Waals surface area contributed by atoms with Crippen molar-refractivity contribution in [3.05, 3.63) is 12.3 Å². The molecule has 1 aliphatic heterocycles. The van der Waals surface area contributed by atoms with Crippen molar-refractivity contribution < 1.29 is 24.3 Å². The largest absolute Gasteiger partial charge is 0.477 e. The van der Waals surface area contributed by atoms with Gasteiger partial charge in [-0.3, -0.25) is 14.4 Å². The van der Waals surface area contributed by atoms with Gasteiger partial charge < -0.3 is 15.3 Å². The lowest BCUT2D eigenvalue weighted by molar-refractivity contribution is -0.304. The molecule has 1 unspecified atom stereocenters. The molecule has 2 amide bonds. The molecule has 8 nitrogen and oxygen atoms in total. The highest BCUT2D eigenvalue weighted by Gasteiger charge is 2.57. The minimum absolute atomic E-state index is 0.0353. The van der Waals surface area contributed by atoms with Gasteiger partial charge in [0.05, 0.1) is 5.54 Å². The Labute approximate surface area is 167 Å². The zero-order valence-electron chi connectivity index (χ0n) is 18.4. The summed E-state index contributed by atoms with van der Waals surface area (Å²) in [5, 5.41) is 12.8. The molecule has 1 saturated heterocycles. The fourth-order valence-corrected chi connectivity index (χ4v) is 3.58. The Balaban J connectivity index is 3.24. The second-order valence-electron chi connectivity index (χ2n) is 8.93. The van der Waals surface area contributed by atoms with Gasteiger partial charge in [-0.1, -0.05) is 20.4 Å². The number of nitrogens with zero attached hydrogens (tertiary/aromatic N) is 2. The van der Waals surface area contributed by atoms with Crippen molar-refractivity contribution in [1.29, 1.82) is 0 Å². The van der Waals surface area contributed by atoms with Gasteiger partial charge in [-0.2, -0.15) is 5.06 Å². The normalized spacial score (nSPS) is 20.6. The number of nitrogens with one attached hydrogen (secondary N) is 1. The number of carboxylic acids is 1. The van der Waals surface area contributed by atoms with Gasteiger partial charge in [-0.15, -0.1) is 0 Å². The van der Waals surface area contributed by atoms with Crippen molar-refractivity contribution in [2.24, 2.45) is 0 Å². The number of rotatable bonds is 7. The van der Waals surface area contributed by atoms with Crippen LogP contribution in [0.25, 0.3) is 0 Å². The smallest absolute Gasteiger partial charge is 0.351 e. The summed E-state index contributed by atoms with van der Waals surface area (Å²) >= 11 is 0. The number of piperazine rings is 1. The average molecular weight is 398 g/mol. The van der Waals surface area contributed by atoms with E-state index in [9.17, 15) is 14.4 Å². The Hall–Kier alpha value is -1.93. The Morgan fingerprint density at radius 3 is 2.18 bits per heavy atom. The number of carbonyl (C=O) groups is 3. The van der Waals surface area contributed by atoms with Gasteiger partial charge in [-0.25, -0.2) is 4.79 Å². The molecule has 0 aromatic carbocycles. The lowest BCUT2D eigenvalue weighted by atomic mass is 9.80. The Morgan fingerprint density at radius 2 is 1.79 bits per heavy atom. The third kappa shape index (κ3) is 4.55. The molecule has 0 spiro atoms. The maximum atomic E-state index is 13.5. The summed E-state index contributed by atoms with van der Waals surface area (Å²) in [4.78, 5) is 44.6. The minimum atomic E-state index is -1.31. The Morgan fingerprint density at radius 1 is 1.29 bits per heavy atom.